The molecule has 0 saturated heterocycles. The van der Waals surface area contributed by atoms with Gasteiger partial charge in [-0.15, -0.1) is 0 Å². The molecular weight excluding hydrogens is 226 g/mol. The summed E-state index contributed by atoms with van der Waals surface area (Å²) in [7, 11) is 2.00. The zero-order chi connectivity index (χ0) is 12.5. The van der Waals surface area contributed by atoms with E-state index in [1.54, 1.807) is 12.4 Å². The first-order valence-corrected chi connectivity index (χ1v) is 5.92. The van der Waals surface area contributed by atoms with Crippen molar-refractivity contribution in [2.75, 3.05) is 0 Å². The lowest BCUT2D eigenvalue weighted by Crippen LogP contribution is -2.12. The summed E-state index contributed by atoms with van der Waals surface area (Å²) in [5.74, 6) is 0.807. The fourth-order valence-electron chi connectivity index (χ4n) is 2.12. The molecule has 3 aromatic rings. The molecule has 0 aliphatic carbocycles. The number of rotatable bonds is 3. The molecule has 0 spiro atoms. The van der Waals surface area contributed by atoms with E-state index in [0.29, 0.717) is 0 Å². The molecule has 1 unspecified atom stereocenters. The second-order valence-electron chi connectivity index (χ2n) is 4.56. The van der Waals surface area contributed by atoms with Gasteiger partial charge in [-0.25, -0.2) is 0 Å². The molecule has 0 radical (unpaired) electrons. The van der Waals surface area contributed by atoms with Crippen molar-refractivity contribution in [1.29, 1.82) is 0 Å². The fourth-order valence-corrected chi connectivity index (χ4v) is 2.12. The van der Waals surface area contributed by atoms with Gasteiger partial charge in [-0.2, -0.15) is 0 Å². The van der Waals surface area contributed by atoms with Crippen LogP contribution in [0.1, 0.15) is 17.4 Å². The van der Waals surface area contributed by atoms with Crippen LogP contribution in [0.4, 0.5) is 0 Å². The molecule has 0 aromatic carbocycles. The van der Waals surface area contributed by atoms with Gasteiger partial charge in [0.1, 0.15) is 5.76 Å². The molecule has 0 bridgehead atoms. The van der Waals surface area contributed by atoms with Crippen molar-refractivity contribution in [1.82, 2.24) is 9.55 Å². The molecule has 4 nitrogen and oxygen atoms in total. The van der Waals surface area contributed by atoms with Crippen LogP contribution >= 0.6 is 0 Å². The topological polar surface area (TPSA) is 57.0 Å². The maximum absolute atomic E-state index is 6.18. The Kier molecular flexibility index (Phi) is 2.64. The van der Waals surface area contributed by atoms with Crippen LogP contribution < -0.4 is 5.73 Å². The van der Waals surface area contributed by atoms with Gasteiger partial charge in [0, 0.05) is 31.0 Å². The van der Waals surface area contributed by atoms with Crippen molar-refractivity contribution >= 4 is 11.0 Å². The number of aromatic nitrogens is 2. The Hall–Kier alpha value is -2.07. The average Bonchev–Trinajstić information content (AvgIpc) is 2.95. The SMILES string of the molecule is Cn1ccc(CC(N)c2cc3ccncc3o2)c1. The Balaban J connectivity index is 1.85. The maximum atomic E-state index is 6.18. The molecular formula is C14H15N3O. The quantitative estimate of drug-likeness (QED) is 0.766. The molecule has 3 heterocycles. The highest BCUT2D eigenvalue weighted by molar-refractivity contribution is 5.76. The van der Waals surface area contributed by atoms with Gasteiger partial charge in [-0.05, 0) is 30.2 Å². The van der Waals surface area contributed by atoms with Gasteiger partial charge in [0.2, 0.25) is 0 Å². The predicted octanol–water partition coefficient (Wildman–Crippen LogP) is 2.41. The average molecular weight is 241 g/mol. The van der Waals surface area contributed by atoms with Crippen LogP contribution in [0.3, 0.4) is 0 Å². The summed E-state index contributed by atoms with van der Waals surface area (Å²) in [4.78, 5) is 4.03. The molecule has 0 aliphatic heterocycles. The third kappa shape index (κ3) is 2.02. The monoisotopic (exact) mass is 241 g/mol. The lowest BCUT2D eigenvalue weighted by Gasteiger charge is -2.06. The van der Waals surface area contributed by atoms with E-state index in [1.165, 1.54) is 5.56 Å². The number of hydrogen-bond donors (Lipinski definition) is 1. The number of pyridine rings is 1. The second kappa shape index (κ2) is 4.31. The van der Waals surface area contributed by atoms with E-state index >= 15 is 0 Å². The summed E-state index contributed by atoms with van der Waals surface area (Å²) >= 11 is 0. The van der Waals surface area contributed by atoms with Crippen LogP contribution in [-0.2, 0) is 13.5 Å². The van der Waals surface area contributed by atoms with E-state index in [-0.39, 0.29) is 6.04 Å². The highest BCUT2D eigenvalue weighted by atomic mass is 16.3. The minimum atomic E-state index is -0.125. The molecule has 2 N–H and O–H groups in total. The Labute approximate surface area is 105 Å². The summed E-state index contributed by atoms with van der Waals surface area (Å²) in [5, 5.41) is 1.04. The van der Waals surface area contributed by atoms with Crippen LogP contribution in [0.5, 0.6) is 0 Å². The van der Waals surface area contributed by atoms with Crippen molar-refractivity contribution < 1.29 is 4.42 Å². The number of hydrogen-bond acceptors (Lipinski definition) is 3. The van der Waals surface area contributed by atoms with Crippen molar-refractivity contribution in [3.8, 4) is 0 Å². The molecule has 18 heavy (non-hydrogen) atoms. The van der Waals surface area contributed by atoms with Crippen LogP contribution in [-0.4, -0.2) is 9.55 Å². The van der Waals surface area contributed by atoms with Crippen LogP contribution in [0.15, 0.2) is 47.4 Å². The van der Waals surface area contributed by atoms with Gasteiger partial charge < -0.3 is 14.7 Å². The van der Waals surface area contributed by atoms with Gasteiger partial charge in [0.05, 0.1) is 12.2 Å². The van der Waals surface area contributed by atoms with E-state index in [9.17, 15) is 0 Å². The van der Waals surface area contributed by atoms with E-state index in [4.69, 9.17) is 10.2 Å². The van der Waals surface area contributed by atoms with E-state index in [2.05, 4.69) is 17.2 Å². The highest BCUT2D eigenvalue weighted by Gasteiger charge is 2.13. The molecule has 0 amide bonds. The Morgan fingerprint density at radius 2 is 2.33 bits per heavy atom. The number of aryl methyl sites for hydroxylation is 1. The maximum Gasteiger partial charge on any atom is 0.152 e. The van der Waals surface area contributed by atoms with Crippen molar-refractivity contribution in [2.45, 2.75) is 12.5 Å². The molecule has 0 aliphatic rings. The lowest BCUT2D eigenvalue weighted by molar-refractivity contribution is 0.493. The zero-order valence-corrected chi connectivity index (χ0v) is 10.2. The van der Waals surface area contributed by atoms with Crippen molar-refractivity contribution in [3.63, 3.8) is 0 Å². The van der Waals surface area contributed by atoms with E-state index in [0.717, 1.165) is 23.2 Å². The van der Waals surface area contributed by atoms with Crippen LogP contribution in [0.25, 0.3) is 11.0 Å². The smallest absolute Gasteiger partial charge is 0.152 e. The molecule has 92 valence electrons. The van der Waals surface area contributed by atoms with Gasteiger partial charge in [-0.3, -0.25) is 4.98 Å². The molecule has 3 rings (SSSR count). The Bertz CT molecular complexity index is 635. The summed E-state index contributed by atoms with van der Waals surface area (Å²) in [5.41, 5.74) is 8.18. The van der Waals surface area contributed by atoms with Crippen molar-refractivity contribution in [3.05, 3.63) is 54.3 Å². The number of nitrogens with zero attached hydrogens (tertiary/aromatic N) is 2. The molecule has 0 fully saturated rings. The highest BCUT2D eigenvalue weighted by Crippen LogP contribution is 2.24. The number of nitrogens with two attached hydrogens (primary N) is 1. The molecule has 0 saturated carbocycles. The minimum Gasteiger partial charge on any atom is -0.458 e. The van der Waals surface area contributed by atoms with E-state index in [1.807, 2.05) is 29.9 Å². The third-order valence-electron chi connectivity index (χ3n) is 3.06. The molecule has 3 aromatic heterocycles. The largest absolute Gasteiger partial charge is 0.458 e. The summed E-state index contributed by atoms with van der Waals surface area (Å²) in [6, 6.07) is 5.87. The Morgan fingerprint density at radius 1 is 1.44 bits per heavy atom. The first-order valence-electron chi connectivity index (χ1n) is 5.92. The molecule has 4 heteroatoms. The third-order valence-corrected chi connectivity index (χ3v) is 3.06. The van der Waals surface area contributed by atoms with Gasteiger partial charge in [0.15, 0.2) is 5.58 Å². The van der Waals surface area contributed by atoms with Crippen LogP contribution in [0.2, 0.25) is 0 Å². The first-order chi connectivity index (χ1) is 8.72. The standard InChI is InChI=1S/C14H15N3O/c1-17-5-3-10(9-17)6-12(15)13-7-11-2-4-16-8-14(11)18-13/h2-5,7-9,12H,6,15H2,1H3. The van der Waals surface area contributed by atoms with E-state index < -0.39 is 0 Å². The van der Waals surface area contributed by atoms with Crippen molar-refractivity contribution in [2.24, 2.45) is 12.8 Å². The summed E-state index contributed by atoms with van der Waals surface area (Å²) < 4.78 is 7.73. The summed E-state index contributed by atoms with van der Waals surface area (Å²) in [6.07, 6.45) is 8.33. The lowest BCUT2D eigenvalue weighted by atomic mass is 10.1. The fraction of sp³-hybridized carbons (Fsp3) is 0.214. The number of furan rings is 1. The predicted molar refractivity (Wildman–Crippen MR) is 70.1 cm³/mol. The second-order valence-corrected chi connectivity index (χ2v) is 4.56. The van der Waals surface area contributed by atoms with Gasteiger partial charge in [-0.1, -0.05) is 0 Å². The van der Waals surface area contributed by atoms with Gasteiger partial charge >= 0.3 is 0 Å². The minimum absolute atomic E-state index is 0.125. The summed E-state index contributed by atoms with van der Waals surface area (Å²) in [6.45, 7) is 0. The Morgan fingerprint density at radius 3 is 3.06 bits per heavy atom. The van der Waals surface area contributed by atoms with Gasteiger partial charge in [0.25, 0.3) is 0 Å². The number of fused-ring (bicyclic) bond motifs is 1. The zero-order valence-electron chi connectivity index (χ0n) is 10.2. The first kappa shape index (κ1) is 11.0. The normalized spacial score (nSPS) is 13.0. The molecule has 1 atom stereocenters. The van der Waals surface area contributed by atoms with Crippen LogP contribution in [0, 0.1) is 0 Å².